The summed E-state index contributed by atoms with van der Waals surface area (Å²) in [5, 5.41) is 19.5. The van der Waals surface area contributed by atoms with Gasteiger partial charge in [0, 0.05) is 17.8 Å². The Kier molecular flexibility index (Phi) is 8.88. The summed E-state index contributed by atoms with van der Waals surface area (Å²) in [5.74, 6) is 0.181. The van der Waals surface area contributed by atoms with Crippen molar-refractivity contribution in [3.05, 3.63) is 60.0 Å². The molecule has 2 bridgehead atoms. The molecule has 1 aliphatic heterocycles. The van der Waals surface area contributed by atoms with Gasteiger partial charge in [0.25, 0.3) is 0 Å². The van der Waals surface area contributed by atoms with E-state index < -0.39 is 12.1 Å². The lowest BCUT2D eigenvalue weighted by Crippen LogP contribution is -2.39. The summed E-state index contributed by atoms with van der Waals surface area (Å²) in [6.07, 6.45) is 12.2. The van der Waals surface area contributed by atoms with Crippen LogP contribution in [0.4, 0.5) is 4.39 Å². The van der Waals surface area contributed by atoms with Crippen LogP contribution in [-0.4, -0.2) is 35.0 Å². The molecule has 3 rings (SSSR count). The monoisotopic (exact) mass is 458 g/mol. The van der Waals surface area contributed by atoms with Crippen molar-refractivity contribution in [1.82, 2.24) is 0 Å². The van der Waals surface area contributed by atoms with Crippen molar-refractivity contribution in [2.45, 2.75) is 76.9 Å². The van der Waals surface area contributed by atoms with Crippen LogP contribution >= 0.6 is 0 Å². The summed E-state index contributed by atoms with van der Waals surface area (Å²) < 4.78 is 19.8. The summed E-state index contributed by atoms with van der Waals surface area (Å²) in [6.45, 7) is 7.05. The molecule has 1 saturated heterocycles. The number of aliphatic hydroxyl groups excluding tert-OH is 1. The normalized spacial score (nSPS) is 28.8. The van der Waals surface area contributed by atoms with Crippen LogP contribution in [0.15, 0.2) is 48.6 Å². The average Bonchev–Trinajstić information content (AvgIpc) is 3.32. The highest BCUT2D eigenvalue weighted by Gasteiger charge is 2.58. The fourth-order valence-electron chi connectivity index (χ4n) is 5.75. The number of carboxylic acid groups (broad SMARTS) is 1. The lowest BCUT2D eigenvalue weighted by Gasteiger charge is -2.38. The third-order valence-corrected chi connectivity index (χ3v) is 7.42. The minimum atomic E-state index is -0.764. The first-order valence-electron chi connectivity index (χ1n) is 12.3. The van der Waals surface area contributed by atoms with Crippen LogP contribution in [-0.2, 0) is 14.9 Å². The molecule has 0 radical (unpaired) electrons. The summed E-state index contributed by atoms with van der Waals surface area (Å²) in [4.78, 5) is 10.7. The molecule has 182 valence electrons. The molecular formula is C28H39FO4. The van der Waals surface area contributed by atoms with Crippen LogP contribution < -0.4 is 0 Å². The van der Waals surface area contributed by atoms with Crippen LogP contribution in [0, 0.1) is 29.5 Å². The molecule has 1 aromatic rings. The van der Waals surface area contributed by atoms with Gasteiger partial charge >= 0.3 is 5.97 Å². The zero-order chi connectivity index (χ0) is 24.0. The quantitative estimate of drug-likeness (QED) is 0.302. The molecule has 2 N–H and O–H groups in total. The Morgan fingerprint density at radius 1 is 1.24 bits per heavy atom. The Labute approximate surface area is 197 Å². The summed E-state index contributed by atoms with van der Waals surface area (Å²) >= 11 is 0. The number of unbranched alkanes of at least 4 members (excludes halogenated alkanes) is 1. The number of carboxylic acids is 1. The van der Waals surface area contributed by atoms with E-state index >= 15 is 0 Å². The molecule has 1 aliphatic carbocycles. The maximum absolute atomic E-state index is 13.6. The molecule has 0 spiro atoms. The number of hydrogen-bond acceptors (Lipinski definition) is 3. The highest BCUT2D eigenvalue weighted by molar-refractivity contribution is 5.66. The maximum atomic E-state index is 13.6. The standard InChI is InChI=1S/C28H39FO4/c1-19(2)16-20(3)25(30)15-14-23-24(8-6-4-5-7-9-27(31)32)28(17-26(23)33-18-28)21-10-12-22(29)13-11-21/h4,6,10-15,19-20,23-26,30H,5,7-9,16-18H2,1-3H3,(H,31,32)/t20?,23-,24-,25-,26-,28-/m0/s1. The van der Waals surface area contributed by atoms with E-state index in [1.807, 2.05) is 18.2 Å². The number of aliphatic hydroxyl groups is 1. The third-order valence-electron chi connectivity index (χ3n) is 7.42. The fraction of sp³-hybridized carbons (Fsp3) is 0.607. The van der Waals surface area contributed by atoms with E-state index in [1.165, 1.54) is 12.1 Å². The highest BCUT2D eigenvalue weighted by Crippen LogP contribution is 2.57. The van der Waals surface area contributed by atoms with Gasteiger partial charge in [0.2, 0.25) is 0 Å². The van der Waals surface area contributed by atoms with E-state index in [9.17, 15) is 14.3 Å². The SMILES string of the molecule is CC(C)CC(C)[C@@H](O)C=C[C@@H]1[C@@H]2C[C@@](c3ccc(F)cc3)(CO2)[C@H]1CC=CCCCC(=O)O. The van der Waals surface area contributed by atoms with Crippen LogP contribution in [0.3, 0.4) is 0 Å². The average molecular weight is 459 g/mol. The van der Waals surface area contributed by atoms with Gasteiger partial charge in [-0.15, -0.1) is 0 Å². The number of aliphatic carboxylic acids is 1. The maximum Gasteiger partial charge on any atom is 0.303 e. The second-order valence-electron chi connectivity index (χ2n) is 10.4. The zero-order valence-corrected chi connectivity index (χ0v) is 20.1. The molecule has 4 nitrogen and oxygen atoms in total. The number of fused-ring (bicyclic) bond motifs is 2. The van der Waals surface area contributed by atoms with Crippen molar-refractivity contribution >= 4 is 5.97 Å². The minimum absolute atomic E-state index is 0.0873. The van der Waals surface area contributed by atoms with E-state index in [1.54, 1.807) is 0 Å². The van der Waals surface area contributed by atoms with Crippen molar-refractivity contribution in [3.8, 4) is 0 Å². The predicted molar refractivity (Wildman–Crippen MR) is 128 cm³/mol. The first kappa shape index (κ1) is 25.6. The Balaban J connectivity index is 1.78. The number of rotatable bonds is 12. The lowest BCUT2D eigenvalue weighted by molar-refractivity contribution is -0.137. The molecule has 1 unspecified atom stereocenters. The van der Waals surface area contributed by atoms with Gasteiger partial charge in [-0.2, -0.15) is 0 Å². The van der Waals surface area contributed by atoms with E-state index in [0.717, 1.165) is 31.2 Å². The molecule has 33 heavy (non-hydrogen) atoms. The van der Waals surface area contributed by atoms with Gasteiger partial charge in [0.05, 0.1) is 18.8 Å². The number of benzene rings is 1. The van der Waals surface area contributed by atoms with Gasteiger partial charge in [0.1, 0.15) is 5.82 Å². The van der Waals surface area contributed by atoms with Gasteiger partial charge in [-0.25, -0.2) is 4.39 Å². The number of ether oxygens (including phenoxy) is 1. The second kappa shape index (κ2) is 11.4. The van der Waals surface area contributed by atoms with E-state index in [2.05, 4.69) is 39.0 Å². The van der Waals surface area contributed by atoms with E-state index in [-0.39, 0.29) is 41.5 Å². The molecule has 5 heteroatoms. The molecule has 6 atom stereocenters. The molecule has 0 aromatic heterocycles. The van der Waals surface area contributed by atoms with Gasteiger partial charge in [0.15, 0.2) is 0 Å². The van der Waals surface area contributed by atoms with Crippen molar-refractivity contribution < 1.29 is 24.1 Å². The van der Waals surface area contributed by atoms with Crippen LogP contribution in [0.2, 0.25) is 0 Å². The Bertz CT molecular complexity index is 831. The minimum Gasteiger partial charge on any atom is -0.481 e. The second-order valence-corrected chi connectivity index (χ2v) is 10.4. The van der Waals surface area contributed by atoms with Crippen molar-refractivity contribution in [2.75, 3.05) is 6.61 Å². The Hall–Kier alpha value is -1.98. The number of halogens is 1. The Morgan fingerprint density at radius 3 is 2.64 bits per heavy atom. The molecule has 1 aromatic carbocycles. The van der Waals surface area contributed by atoms with Crippen LogP contribution in [0.5, 0.6) is 0 Å². The lowest BCUT2D eigenvalue weighted by atomic mass is 9.69. The largest absolute Gasteiger partial charge is 0.481 e. The summed E-state index contributed by atoms with van der Waals surface area (Å²) in [5.41, 5.74) is 0.938. The van der Waals surface area contributed by atoms with E-state index in [0.29, 0.717) is 18.9 Å². The topological polar surface area (TPSA) is 66.8 Å². The highest BCUT2D eigenvalue weighted by atomic mass is 19.1. The number of allylic oxidation sites excluding steroid dienone is 2. The molecule has 2 fully saturated rings. The predicted octanol–water partition coefficient (Wildman–Crippen LogP) is 5.90. The third kappa shape index (κ3) is 6.33. The van der Waals surface area contributed by atoms with Crippen molar-refractivity contribution in [1.29, 1.82) is 0 Å². The Morgan fingerprint density at radius 2 is 1.97 bits per heavy atom. The molecule has 2 aliphatic rings. The van der Waals surface area contributed by atoms with Crippen molar-refractivity contribution in [2.24, 2.45) is 23.7 Å². The first-order chi connectivity index (χ1) is 15.7. The van der Waals surface area contributed by atoms with Gasteiger partial charge in [-0.05, 0) is 67.6 Å². The molecular weight excluding hydrogens is 419 g/mol. The summed E-state index contributed by atoms with van der Waals surface area (Å²) in [6, 6.07) is 6.82. The van der Waals surface area contributed by atoms with E-state index in [4.69, 9.17) is 9.84 Å². The first-order valence-corrected chi connectivity index (χ1v) is 12.3. The van der Waals surface area contributed by atoms with Crippen LogP contribution in [0.25, 0.3) is 0 Å². The summed E-state index contributed by atoms with van der Waals surface area (Å²) in [7, 11) is 0. The zero-order valence-electron chi connectivity index (χ0n) is 20.1. The van der Waals surface area contributed by atoms with Crippen LogP contribution in [0.1, 0.15) is 64.9 Å². The fourth-order valence-corrected chi connectivity index (χ4v) is 5.75. The smallest absolute Gasteiger partial charge is 0.303 e. The number of hydrogen-bond donors (Lipinski definition) is 2. The molecule has 1 saturated carbocycles. The van der Waals surface area contributed by atoms with Gasteiger partial charge in [-0.1, -0.05) is 57.2 Å². The molecule has 0 amide bonds. The van der Waals surface area contributed by atoms with Gasteiger partial charge in [-0.3, -0.25) is 4.79 Å². The number of carbonyl (C=O) groups is 1. The van der Waals surface area contributed by atoms with Crippen molar-refractivity contribution in [3.63, 3.8) is 0 Å². The van der Waals surface area contributed by atoms with Gasteiger partial charge < -0.3 is 14.9 Å². The molecule has 1 heterocycles.